The van der Waals surface area contributed by atoms with Gasteiger partial charge in [0.25, 0.3) is 0 Å². The monoisotopic (exact) mass is 517 g/mol. The first-order valence-corrected chi connectivity index (χ1v) is 11.7. The number of carbonyl (C=O) groups is 4. The highest BCUT2D eigenvalue weighted by Gasteiger charge is 2.23. The summed E-state index contributed by atoms with van der Waals surface area (Å²) in [5.41, 5.74) is 14.6. The number of nitrogens with two attached hydrogens (primary N) is 2. The van der Waals surface area contributed by atoms with Gasteiger partial charge in [-0.15, -0.1) is 0 Å². The number of aromatic hydroxyl groups is 1. The Labute approximate surface area is 214 Å². The molecule has 0 aromatic heterocycles. The lowest BCUT2D eigenvalue weighted by Gasteiger charge is -2.19. The molecule has 194 valence electrons. The van der Waals surface area contributed by atoms with Crippen molar-refractivity contribution < 1.29 is 24.3 Å². The van der Waals surface area contributed by atoms with Crippen LogP contribution in [0.1, 0.15) is 29.2 Å². The maximum atomic E-state index is 12.5. The summed E-state index contributed by atoms with van der Waals surface area (Å²) in [5.74, 6) is -2.34. The van der Waals surface area contributed by atoms with Gasteiger partial charge in [-0.05, 0) is 73.7 Å². The molecule has 0 unspecified atom stereocenters. The van der Waals surface area contributed by atoms with Gasteiger partial charge in [-0.25, -0.2) is 0 Å². The van der Waals surface area contributed by atoms with Crippen molar-refractivity contribution >= 4 is 35.2 Å². The molecule has 0 aliphatic heterocycles. The van der Waals surface area contributed by atoms with Crippen molar-refractivity contribution in [1.29, 1.82) is 0 Å². The molecule has 2 rings (SSSR count). The Morgan fingerprint density at radius 1 is 0.972 bits per heavy atom. The third-order valence-electron chi connectivity index (χ3n) is 5.65. The van der Waals surface area contributed by atoms with Crippen molar-refractivity contribution in [2.75, 3.05) is 6.54 Å². The van der Waals surface area contributed by atoms with Crippen LogP contribution in [0.3, 0.4) is 0 Å². The molecular weight excluding hydrogens is 486 g/mol. The van der Waals surface area contributed by atoms with Crippen LogP contribution in [0.4, 0.5) is 0 Å². The SMILES string of the molecule is Cc1cc(O)cc(C)c1C[C@H](N)C(=O)N[C@H](C)C(=O)NCC(=O)N[C@@H](Cc1ccc(Cl)cc1)C(N)=O. The number of amides is 4. The van der Waals surface area contributed by atoms with E-state index in [0.717, 1.165) is 22.3 Å². The van der Waals surface area contributed by atoms with Crippen LogP contribution in [0.5, 0.6) is 5.75 Å². The number of phenols is 1. The fourth-order valence-corrected chi connectivity index (χ4v) is 3.76. The Morgan fingerprint density at radius 3 is 2.11 bits per heavy atom. The summed E-state index contributed by atoms with van der Waals surface area (Å²) in [5, 5.41) is 17.6. The molecule has 0 heterocycles. The molecule has 36 heavy (non-hydrogen) atoms. The highest BCUT2D eigenvalue weighted by Crippen LogP contribution is 2.21. The first-order valence-electron chi connectivity index (χ1n) is 11.3. The Kier molecular flexibility index (Phi) is 10.2. The predicted molar refractivity (Wildman–Crippen MR) is 136 cm³/mol. The van der Waals surface area contributed by atoms with Crippen molar-refractivity contribution in [3.05, 3.63) is 63.7 Å². The summed E-state index contributed by atoms with van der Waals surface area (Å²) in [4.78, 5) is 48.9. The van der Waals surface area contributed by atoms with Gasteiger partial charge >= 0.3 is 0 Å². The third kappa shape index (κ3) is 8.54. The molecule has 0 bridgehead atoms. The standard InChI is InChI=1S/C25H32ClN5O5/c1-13-8-18(32)9-14(2)19(13)11-20(27)25(36)30-15(3)24(35)29-12-22(33)31-21(23(28)34)10-16-4-6-17(26)7-5-16/h4-9,15,20-21,32H,10-12,27H2,1-3H3,(H2,28,34)(H,29,35)(H,30,36)(H,31,33)/t15-,20+,21+/m1/s1. The smallest absolute Gasteiger partial charge is 0.242 e. The lowest BCUT2D eigenvalue weighted by molar-refractivity contribution is -0.131. The largest absolute Gasteiger partial charge is 0.508 e. The molecule has 2 aromatic rings. The van der Waals surface area contributed by atoms with Gasteiger partial charge in [-0.2, -0.15) is 0 Å². The number of rotatable bonds is 11. The highest BCUT2D eigenvalue weighted by atomic mass is 35.5. The Bertz CT molecular complexity index is 1100. The highest BCUT2D eigenvalue weighted by molar-refractivity contribution is 6.30. The second kappa shape index (κ2) is 12.9. The number of carbonyl (C=O) groups excluding carboxylic acids is 4. The molecule has 0 spiro atoms. The molecule has 0 aliphatic carbocycles. The topological polar surface area (TPSA) is 177 Å². The van der Waals surface area contributed by atoms with Gasteiger partial charge in [0.05, 0.1) is 12.6 Å². The molecule has 0 fully saturated rings. The van der Waals surface area contributed by atoms with Crippen LogP contribution in [-0.4, -0.2) is 53.4 Å². The minimum Gasteiger partial charge on any atom is -0.508 e. The molecule has 0 aliphatic rings. The lowest BCUT2D eigenvalue weighted by atomic mass is 9.96. The maximum absolute atomic E-state index is 12.5. The zero-order valence-electron chi connectivity index (χ0n) is 20.4. The van der Waals surface area contributed by atoms with Crippen molar-refractivity contribution in [1.82, 2.24) is 16.0 Å². The van der Waals surface area contributed by atoms with E-state index < -0.39 is 48.3 Å². The number of aryl methyl sites for hydroxylation is 2. The molecule has 8 N–H and O–H groups in total. The first kappa shape index (κ1) is 28.6. The normalized spacial score (nSPS) is 13.2. The van der Waals surface area contributed by atoms with E-state index in [1.807, 2.05) is 13.8 Å². The minimum atomic E-state index is -0.975. The number of halogens is 1. The van der Waals surface area contributed by atoms with Gasteiger partial charge in [0, 0.05) is 11.4 Å². The summed E-state index contributed by atoms with van der Waals surface area (Å²) in [6, 6.07) is 7.07. The Hall–Kier alpha value is -3.63. The first-order chi connectivity index (χ1) is 16.9. The lowest BCUT2D eigenvalue weighted by Crippen LogP contribution is -2.53. The predicted octanol–water partition coefficient (Wildman–Crippen LogP) is 0.366. The zero-order chi connectivity index (χ0) is 27.0. The van der Waals surface area contributed by atoms with Gasteiger partial charge in [-0.3, -0.25) is 19.2 Å². The number of hydrogen-bond acceptors (Lipinski definition) is 6. The molecule has 0 saturated heterocycles. The quantitative estimate of drug-likeness (QED) is 0.251. The van der Waals surface area contributed by atoms with Crippen LogP contribution in [-0.2, 0) is 32.0 Å². The van der Waals surface area contributed by atoms with Crippen molar-refractivity contribution in [2.24, 2.45) is 11.5 Å². The number of primary amides is 1. The van der Waals surface area contributed by atoms with Crippen molar-refractivity contribution in [3.63, 3.8) is 0 Å². The fourth-order valence-electron chi connectivity index (χ4n) is 3.64. The third-order valence-corrected chi connectivity index (χ3v) is 5.90. The molecule has 0 saturated carbocycles. The molecule has 4 amide bonds. The van der Waals surface area contributed by atoms with Crippen LogP contribution >= 0.6 is 11.6 Å². The van der Waals surface area contributed by atoms with Crippen LogP contribution in [0.2, 0.25) is 5.02 Å². The Balaban J connectivity index is 1.84. The summed E-state index contributed by atoms with van der Waals surface area (Å²) >= 11 is 5.85. The van der Waals surface area contributed by atoms with E-state index in [4.69, 9.17) is 23.1 Å². The summed E-state index contributed by atoms with van der Waals surface area (Å²) in [6.45, 7) is 4.67. The van der Waals surface area contributed by atoms with Gasteiger partial charge in [0.1, 0.15) is 17.8 Å². The molecule has 3 atom stereocenters. The average Bonchev–Trinajstić information content (AvgIpc) is 2.80. The fraction of sp³-hybridized carbons (Fsp3) is 0.360. The molecule has 11 heteroatoms. The van der Waals surface area contributed by atoms with Crippen molar-refractivity contribution in [2.45, 2.75) is 51.7 Å². The van der Waals surface area contributed by atoms with Gasteiger partial charge in [-0.1, -0.05) is 23.7 Å². The molecule has 0 radical (unpaired) electrons. The number of benzene rings is 2. The summed E-state index contributed by atoms with van der Waals surface area (Å²) in [6.07, 6.45) is 0.388. The van der Waals surface area contributed by atoms with Gasteiger partial charge < -0.3 is 32.5 Å². The van der Waals surface area contributed by atoms with E-state index in [1.165, 1.54) is 6.92 Å². The maximum Gasteiger partial charge on any atom is 0.242 e. The van der Waals surface area contributed by atoms with E-state index in [-0.39, 0.29) is 18.6 Å². The minimum absolute atomic E-state index is 0.133. The molecule has 2 aromatic carbocycles. The second-order valence-electron chi connectivity index (χ2n) is 8.67. The van der Waals surface area contributed by atoms with E-state index in [1.54, 1.807) is 36.4 Å². The van der Waals surface area contributed by atoms with E-state index in [2.05, 4.69) is 16.0 Å². The zero-order valence-corrected chi connectivity index (χ0v) is 21.2. The van der Waals surface area contributed by atoms with Crippen molar-refractivity contribution in [3.8, 4) is 5.75 Å². The van der Waals surface area contributed by atoms with Gasteiger partial charge in [0.2, 0.25) is 23.6 Å². The van der Waals surface area contributed by atoms with Crippen LogP contribution in [0.25, 0.3) is 0 Å². The van der Waals surface area contributed by atoms with E-state index in [0.29, 0.717) is 5.02 Å². The van der Waals surface area contributed by atoms with E-state index >= 15 is 0 Å². The van der Waals surface area contributed by atoms with E-state index in [9.17, 15) is 24.3 Å². The summed E-state index contributed by atoms with van der Waals surface area (Å²) < 4.78 is 0. The van der Waals surface area contributed by atoms with Gasteiger partial charge in [0.15, 0.2) is 0 Å². The van der Waals surface area contributed by atoms with Crippen LogP contribution in [0, 0.1) is 13.8 Å². The number of nitrogens with one attached hydrogen (secondary N) is 3. The number of hydrogen-bond donors (Lipinski definition) is 6. The molecular formula is C25H32ClN5O5. The number of phenolic OH excluding ortho intramolecular Hbond substituents is 1. The second-order valence-corrected chi connectivity index (χ2v) is 9.11. The summed E-state index contributed by atoms with van der Waals surface area (Å²) in [7, 11) is 0. The van der Waals surface area contributed by atoms with Crippen LogP contribution < -0.4 is 27.4 Å². The van der Waals surface area contributed by atoms with Crippen LogP contribution in [0.15, 0.2) is 36.4 Å². The average molecular weight is 518 g/mol. The Morgan fingerprint density at radius 2 is 1.56 bits per heavy atom. The molecule has 10 nitrogen and oxygen atoms in total.